The van der Waals surface area contributed by atoms with Crippen molar-refractivity contribution in [2.45, 2.75) is 27.2 Å². The van der Waals surface area contributed by atoms with Gasteiger partial charge in [-0.3, -0.25) is 0 Å². The third kappa shape index (κ3) is 5.40. The third-order valence-corrected chi connectivity index (χ3v) is 4.02. The van der Waals surface area contributed by atoms with Gasteiger partial charge in [-0.25, -0.2) is 0 Å². The standard InChI is InChI=1S/C15H25BrN2/c1-4-13(3)12-18(5-2)11-10-17-15-9-7-6-8-14(15)16/h6-9,13,17H,4-5,10-12H2,1-3H3. The fraction of sp³-hybridized carbons (Fsp3) is 0.600. The molecular formula is C15H25BrN2. The Labute approximate surface area is 120 Å². The molecular weight excluding hydrogens is 288 g/mol. The van der Waals surface area contributed by atoms with Crippen molar-refractivity contribution in [2.75, 3.05) is 31.5 Å². The van der Waals surface area contributed by atoms with Gasteiger partial charge in [-0.05, 0) is 40.5 Å². The first-order chi connectivity index (χ1) is 8.67. The minimum absolute atomic E-state index is 0.786. The fourth-order valence-corrected chi connectivity index (χ4v) is 2.33. The number of benzene rings is 1. The molecule has 1 rings (SSSR count). The number of likely N-dealkylation sites (N-methyl/N-ethyl adjacent to an activating group) is 1. The molecule has 1 aromatic carbocycles. The Kier molecular flexibility index (Phi) is 7.36. The minimum atomic E-state index is 0.786. The van der Waals surface area contributed by atoms with Crippen LogP contribution >= 0.6 is 15.9 Å². The van der Waals surface area contributed by atoms with Crippen molar-refractivity contribution >= 4 is 21.6 Å². The number of para-hydroxylation sites is 1. The molecule has 18 heavy (non-hydrogen) atoms. The van der Waals surface area contributed by atoms with E-state index in [1.807, 2.05) is 6.07 Å². The van der Waals surface area contributed by atoms with Crippen LogP contribution in [0.3, 0.4) is 0 Å². The van der Waals surface area contributed by atoms with Crippen LogP contribution in [0.2, 0.25) is 0 Å². The summed E-state index contributed by atoms with van der Waals surface area (Å²) in [4.78, 5) is 2.51. The lowest BCUT2D eigenvalue weighted by molar-refractivity contribution is 0.254. The van der Waals surface area contributed by atoms with E-state index in [2.05, 4.69) is 65.1 Å². The van der Waals surface area contributed by atoms with Gasteiger partial charge in [0, 0.05) is 29.8 Å². The molecule has 0 aliphatic carbocycles. The number of nitrogens with one attached hydrogen (secondary N) is 1. The second-order valence-electron chi connectivity index (χ2n) is 4.81. The molecule has 1 atom stereocenters. The zero-order chi connectivity index (χ0) is 13.4. The summed E-state index contributed by atoms with van der Waals surface area (Å²) in [5.74, 6) is 0.786. The molecule has 0 fully saturated rings. The second kappa shape index (κ2) is 8.54. The first-order valence-electron chi connectivity index (χ1n) is 6.88. The predicted molar refractivity (Wildman–Crippen MR) is 84.2 cm³/mol. The lowest BCUT2D eigenvalue weighted by Gasteiger charge is -2.24. The van der Waals surface area contributed by atoms with Crippen molar-refractivity contribution in [3.8, 4) is 0 Å². The summed E-state index contributed by atoms with van der Waals surface area (Å²) in [6.45, 7) is 11.2. The van der Waals surface area contributed by atoms with Crippen LogP contribution in [0, 0.1) is 5.92 Å². The predicted octanol–water partition coefficient (Wildman–Crippen LogP) is 4.23. The molecule has 0 bridgehead atoms. The van der Waals surface area contributed by atoms with Crippen molar-refractivity contribution in [3.05, 3.63) is 28.7 Å². The van der Waals surface area contributed by atoms with Gasteiger partial charge >= 0.3 is 0 Å². The normalized spacial score (nSPS) is 12.7. The largest absolute Gasteiger partial charge is 0.383 e. The van der Waals surface area contributed by atoms with Crippen LogP contribution in [0.1, 0.15) is 27.2 Å². The van der Waals surface area contributed by atoms with Crippen LogP contribution in [0.25, 0.3) is 0 Å². The molecule has 1 aromatic rings. The van der Waals surface area contributed by atoms with Crippen LogP contribution in [-0.4, -0.2) is 31.1 Å². The Morgan fingerprint density at radius 1 is 1.28 bits per heavy atom. The van der Waals surface area contributed by atoms with Gasteiger partial charge in [-0.15, -0.1) is 0 Å². The van der Waals surface area contributed by atoms with E-state index in [4.69, 9.17) is 0 Å². The van der Waals surface area contributed by atoms with E-state index < -0.39 is 0 Å². The molecule has 0 heterocycles. The van der Waals surface area contributed by atoms with Gasteiger partial charge in [0.25, 0.3) is 0 Å². The van der Waals surface area contributed by atoms with E-state index >= 15 is 0 Å². The summed E-state index contributed by atoms with van der Waals surface area (Å²) >= 11 is 3.56. The first-order valence-corrected chi connectivity index (χ1v) is 7.67. The van der Waals surface area contributed by atoms with Crippen molar-refractivity contribution in [3.63, 3.8) is 0 Å². The highest BCUT2D eigenvalue weighted by molar-refractivity contribution is 9.10. The monoisotopic (exact) mass is 312 g/mol. The molecule has 102 valence electrons. The Morgan fingerprint density at radius 3 is 2.61 bits per heavy atom. The summed E-state index contributed by atoms with van der Waals surface area (Å²) in [6.07, 6.45) is 1.26. The highest BCUT2D eigenvalue weighted by Gasteiger charge is 2.06. The van der Waals surface area contributed by atoms with Crippen LogP contribution in [0.5, 0.6) is 0 Å². The van der Waals surface area contributed by atoms with Crippen LogP contribution < -0.4 is 5.32 Å². The molecule has 0 saturated heterocycles. The van der Waals surface area contributed by atoms with Gasteiger partial charge in [0.05, 0.1) is 0 Å². The number of halogens is 1. The van der Waals surface area contributed by atoms with E-state index in [-0.39, 0.29) is 0 Å². The van der Waals surface area contributed by atoms with E-state index in [9.17, 15) is 0 Å². The molecule has 0 radical (unpaired) electrons. The first kappa shape index (κ1) is 15.5. The SMILES string of the molecule is CCC(C)CN(CC)CCNc1ccccc1Br. The molecule has 1 N–H and O–H groups in total. The number of hydrogen-bond donors (Lipinski definition) is 1. The maximum Gasteiger partial charge on any atom is 0.0485 e. The summed E-state index contributed by atoms with van der Waals surface area (Å²) in [5, 5.41) is 3.48. The van der Waals surface area contributed by atoms with E-state index in [0.29, 0.717) is 0 Å². The zero-order valence-corrected chi connectivity index (χ0v) is 13.3. The molecule has 0 saturated carbocycles. The van der Waals surface area contributed by atoms with Gasteiger partial charge in [0.2, 0.25) is 0 Å². The van der Waals surface area contributed by atoms with Gasteiger partial charge in [-0.2, -0.15) is 0 Å². The summed E-state index contributed by atoms with van der Waals surface area (Å²) in [5.41, 5.74) is 1.18. The van der Waals surface area contributed by atoms with E-state index in [0.717, 1.165) is 30.0 Å². The Balaban J connectivity index is 2.33. The highest BCUT2D eigenvalue weighted by Crippen LogP contribution is 2.20. The van der Waals surface area contributed by atoms with Crippen molar-refractivity contribution in [1.29, 1.82) is 0 Å². The molecule has 0 aromatic heterocycles. The Hall–Kier alpha value is -0.540. The molecule has 3 heteroatoms. The Morgan fingerprint density at radius 2 is 2.00 bits per heavy atom. The molecule has 1 unspecified atom stereocenters. The van der Waals surface area contributed by atoms with Crippen LogP contribution in [0.15, 0.2) is 28.7 Å². The minimum Gasteiger partial charge on any atom is -0.383 e. The summed E-state index contributed by atoms with van der Waals surface area (Å²) in [6, 6.07) is 8.27. The van der Waals surface area contributed by atoms with E-state index in [1.54, 1.807) is 0 Å². The smallest absolute Gasteiger partial charge is 0.0485 e. The summed E-state index contributed by atoms with van der Waals surface area (Å²) in [7, 11) is 0. The number of anilines is 1. The van der Waals surface area contributed by atoms with Gasteiger partial charge < -0.3 is 10.2 Å². The quantitative estimate of drug-likeness (QED) is 0.772. The fourth-order valence-electron chi connectivity index (χ4n) is 1.90. The van der Waals surface area contributed by atoms with Crippen molar-refractivity contribution in [1.82, 2.24) is 4.90 Å². The number of nitrogens with zero attached hydrogens (tertiary/aromatic N) is 1. The van der Waals surface area contributed by atoms with Gasteiger partial charge in [-0.1, -0.05) is 39.3 Å². The molecule has 0 aliphatic heterocycles. The highest BCUT2D eigenvalue weighted by atomic mass is 79.9. The van der Waals surface area contributed by atoms with Crippen molar-refractivity contribution in [2.24, 2.45) is 5.92 Å². The summed E-state index contributed by atoms with van der Waals surface area (Å²) < 4.78 is 1.13. The van der Waals surface area contributed by atoms with E-state index in [1.165, 1.54) is 18.7 Å². The number of rotatable bonds is 8. The number of hydrogen-bond acceptors (Lipinski definition) is 2. The molecule has 0 spiro atoms. The van der Waals surface area contributed by atoms with Gasteiger partial charge in [0.1, 0.15) is 0 Å². The third-order valence-electron chi connectivity index (χ3n) is 3.33. The average Bonchev–Trinajstić information content (AvgIpc) is 2.39. The maximum atomic E-state index is 3.56. The average molecular weight is 313 g/mol. The zero-order valence-electron chi connectivity index (χ0n) is 11.7. The topological polar surface area (TPSA) is 15.3 Å². The van der Waals surface area contributed by atoms with Crippen molar-refractivity contribution < 1.29 is 0 Å². The molecule has 0 aliphatic rings. The lowest BCUT2D eigenvalue weighted by atomic mass is 10.1. The maximum absolute atomic E-state index is 3.56. The lowest BCUT2D eigenvalue weighted by Crippen LogP contribution is -2.32. The molecule has 0 amide bonds. The van der Waals surface area contributed by atoms with Gasteiger partial charge in [0.15, 0.2) is 0 Å². The van der Waals surface area contributed by atoms with Crippen LogP contribution in [-0.2, 0) is 0 Å². The Bertz CT molecular complexity index is 341. The van der Waals surface area contributed by atoms with Crippen LogP contribution in [0.4, 0.5) is 5.69 Å². The molecule has 2 nitrogen and oxygen atoms in total. The second-order valence-corrected chi connectivity index (χ2v) is 5.67.